The van der Waals surface area contributed by atoms with Gasteiger partial charge in [0.1, 0.15) is 41.9 Å². The van der Waals surface area contributed by atoms with Gasteiger partial charge in [0.2, 0.25) is 5.91 Å². The topological polar surface area (TPSA) is 214 Å². The number of likely N-dealkylation sites (N-methyl/N-ethyl adjacent to an activating group) is 1. The molecule has 1 aromatic heterocycles. The number of rotatable bonds is 7. The molecule has 3 saturated heterocycles. The molecule has 55 heavy (non-hydrogen) atoms. The number of hydrogen-bond donors (Lipinski definition) is 3. The van der Waals surface area contributed by atoms with E-state index >= 15 is 0 Å². The van der Waals surface area contributed by atoms with E-state index < -0.39 is 77.3 Å². The first-order valence-corrected chi connectivity index (χ1v) is 19.1. The van der Waals surface area contributed by atoms with Crippen LogP contribution < -0.4 is 5.73 Å². The van der Waals surface area contributed by atoms with Crippen molar-refractivity contribution in [3.8, 4) is 0 Å². The number of aromatic nitrogens is 1. The summed E-state index contributed by atoms with van der Waals surface area (Å²) in [6.07, 6.45) is -3.51. The molecule has 1 amide bonds. The predicted octanol–water partition coefficient (Wildman–Crippen LogP) is 2.85. The number of nitrogens with zero attached hydrogens (tertiary/aromatic N) is 4. The quantitative estimate of drug-likeness (QED) is 0.207. The summed E-state index contributed by atoms with van der Waals surface area (Å²) in [7, 11) is 3.72. The third kappa shape index (κ3) is 10.7. The number of pyridine rings is 1. The van der Waals surface area contributed by atoms with Crippen molar-refractivity contribution in [2.24, 2.45) is 27.9 Å². The molecule has 4 heterocycles. The Morgan fingerprint density at radius 2 is 1.87 bits per heavy atom. The van der Waals surface area contributed by atoms with Gasteiger partial charge in [0.25, 0.3) is 0 Å². The minimum Gasteiger partial charge on any atom is -0.459 e. The van der Waals surface area contributed by atoms with Crippen molar-refractivity contribution >= 4 is 34.9 Å². The van der Waals surface area contributed by atoms with Crippen molar-refractivity contribution in [2.75, 3.05) is 33.0 Å². The number of carbonyl (C=O) groups excluding carboxylic acids is 3. The SMILES string of the molecule is CC[C@@H]1OC(=O)[C@H](C)C(=O)[C@H](C)[C@@H](O[C@@H]2O[C@H](C)C[C@H](N(C)C)[C@H]2O)[C@@]2(C)C[C@@H](C)C(=NC(C)=O)C[C@H](OC/C(=N/OCc3cccnc3N)CO2)[C@]1(C)O. The van der Waals surface area contributed by atoms with Gasteiger partial charge in [-0.15, -0.1) is 0 Å². The number of nitrogens with two attached hydrogens (primary N) is 1. The van der Waals surface area contributed by atoms with Crippen LogP contribution in [0.15, 0.2) is 28.5 Å². The molecule has 2 bridgehead atoms. The molecular formula is C39H61N5O11. The maximum Gasteiger partial charge on any atom is 0.316 e. The van der Waals surface area contributed by atoms with Gasteiger partial charge in [-0.25, -0.2) is 9.98 Å². The third-order valence-corrected chi connectivity index (χ3v) is 11.1. The molecule has 1 aromatic rings. The summed E-state index contributed by atoms with van der Waals surface area (Å²) in [6, 6.07) is 3.16. The average Bonchev–Trinajstić information content (AvgIpc) is 3.14. The van der Waals surface area contributed by atoms with Crippen LogP contribution in [0.3, 0.4) is 0 Å². The van der Waals surface area contributed by atoms with Gasteiger partial charge in [-0.1, -0.05) is 32.0 Å². The molecule has 3 fully saturated rings. The first kappa shape index (κ1) is 44.3. The summed E-state index contributed by atoms with van der Waals surface area (Å²) < 4.78 is 32.0. The predicted molar refractivity (Wildman–Crippen MR) is 203 cm³/mol. The number of Topliss-reactive ketones (excluding diaryl/α,β-unsaturated/α-hetero) is 1. The van der Waals surface area contributed by atoms with Crippen LogP contribution in [-0.2, 0) is 49.5 Å². The summed E-state index contributed by atoms with van der Waals surface area (Å²) >= 11 is 0. The summed E-state index contributed by atoms with van der Waals surface area (Å²) in [4.78, 5) is 56.9. The molecule has 0 aromatic carbocycles. The molecule has 0 aliphatic carbocycles. The molecule has 4 rings (SSSR count). The number of aliphatic hydroxyl groups is 2. The van der Waals surface area contributed by atoms with Gasteiger partial charge in [0.15, 0.2) is 12.1 Å². The number of amides is 1. The number of carbonyl (C=O) groups is 3. The van der Waals surface area contributed by atoms with E-state index in [0.717, 1.165) is 0 Å². The number of ketones is 1. The second-order valence-electron chi connectivity index (χ2n) is 15.9. The Morgan fingerprint density at radius 1 is 1.16 bits per heavy atom. The Kier molecular flexibility index (Phi) is 15.1. The minimum absolute atomic E-state index is 0.0147. The standard InChI is InChI=1S/C39H61N5O11/c1-11-30-39(8,49)31-16-28(42-25(6)45)21(2)17-38(7,51-20-27(19-50-31)43-52-18-26-13-12-14-41-35(26)40)34(23(4)32(46)24(5)36(48)54-30)55-37-33(47)29(44(9)10)15-22(3)53-37/h12-14,21-24,29-31,33-34,37,47,49H,11,15-20H2,1-10H3,(H2,40,41)/b42-28?,43-27-/t21-,22-,23+,24-,29+,30+,31+,33-,34-,37+,38-,39-/m1/s1. The fourth-order valence-electron chi connectivity index (χ4n) is 7.79. The molecule has 4 N–H and O–H groups in total. The molecule has 16 nitrogen and oxygen atoms in total. The van der Waals surface area contributed by atoms with Crippen LogP contribution in [0, 0.1) is 17.8 Å². The third-order valence-electron chi connectivity index (χ3n) is 11.1. The van der Waals surface area contributed by atoms with Crippen LogP contribution in [-0.4, -0.2) is 131 Å². The van der Waals surface area contributed by atoms with Crippen molar-refractivity contribution < 1.29 is 53.1 Å². The Bertz CT molecular complexity index is 1570. The highest BCUT2D eigenvalue weighted by Gasteiger charge is 2.51. The fraction of sp³-hybridized carbons (Fsp3) is 0.744. The number of fused-ring (bicyclic) bond motifs is 5. The zero-order valence-electron chi connectivity index (χ0n) is 33.9. The van der Waals surface area contributed by atoms with E-state index in [2.05, 4.69) is 15.1 Å². The van der Waals surface area contributed by atoms with Gasteiger partial charge >= 0.3 is 5.97 Å². The summed E-state index contributed by atoms with van der Waals surface area (Å²) in [5, 5.41) is 28.1. The summed E-state index contributed by atoms with van der Waals surface area (Å²) in [5.41, 5.74) is 4.09. The molecule has 16 heteroatoms. The number of oxime groups is 1. The summed E-state index contributed by atoms with van der Waals surface area (Å²) in [5.74, 6) is -4.30. The second-order valence-corrected chi connectivity index (χ2v) is 15.9. The number of aliphatic hydroxyl groups excluding tert-OH is 1. The number of anilines is 1. The molecular weight excluding hydrogens is 714 g/mol. The molecule has 3 aliphatic rings. The van der Waals surface area contributed by atoms with Crippen LogP contribution in [0.1, 0.15) is 86.6 Å². The highest BCUT2D eigenvalue weighted by atomic mass is 16.7. The van der Waals surface area contributed by atoms with E-state index in [1.807, 2.05) is 32.8 Å². The first-order valence-electron chi connectivity index (χ1n) is 19.1. The molecule has 0 saturated carbocycles. The van der Waals surface area contributed by atoms with E-state index in [0.29, 0.717) is 17.7 Å². The van der Waals surface area contributed by atoms with E-state index in [-0.39, 0.29) is 62.8 Å². The number of aliphatic imine (C=N–C) groups is 1. The van der Waals surface area contributed by atoms with E-state index in [4.69, 9.17) is 34.3 Å². The second kappa shape index (κ2) is 18.7. The van der Waals surface area contributed by atoms with Crippen LogP contribution in [0.5, 0.6) is 0 Å². The Hall–Kier alpha value is -3.38. The van der Waals surface area contributed by atoms with Crippen molar-refractivity contribution in [3.05, 3.63) is 23.9 Å². The van der Waals surface area contributed by atoms with Gasteiger partial charge in [-0.2, -0.15) is 0 Å². The van der Waals surface area contributed by atoms with E-state index in [1.165, 1.54) is 20.8 Å². The lowest BCUT2D eigenvalue weighted by Crippen LogP contribution is -2.59. The van der Waals surface area contributed by atoms with Crippen LogP contribution in [0.2, 0.25) is 0 Å². The van der Waals surface area contributed by atoms with Gasteiger partial charge in [-0.3, -0.25) is 14.4 Å². The van der Waals surface area contributed by atoms with E-state index in [9.17, 15) is 24.6 Å². The van der Waals surface area contributed by atoms with Crippen LogP contribution in [0.4, 0.5) is 5.82 Å². The largest absolute Gasteiger partial charge is 0.459 e. The minimum atomic E-state index is -1.83. The molecule has 3 aliphatic heterocycles. The van der Waals surface area contributed by atoms with Crippen LogP contribution in [0.25, 0.3) is 0 Å². The highest BCUT2D eigenvalue weighted by Crippen LogP contribution is 2.39. The maximum atomic E-state index is 14.4. The normalized spacial score (nSPS) is 38.6. The lowest BCUT2D eigenvalue weighted by molar-refractivity contribution is -0.296. The van der Waals surface area contributed by atoms with Gasteiger partial charge in [0, 0.05) is 42.8 Å². The molecule has 0 unspecified atom stereocenters. The van der Waals surface area contributed by atoms with Crippen molar-refractivity contribution in [2.45, 2.75) is 142 Å². The smallest absolute Gasteiger partial charge is 0.316 e. The number of nitrogen functional groups attached to an aromatic ring is 1. The molecule has 0 radical (unpaired) electrons. The number of hydrogen-bond acceptors (Lipinski definition) is 15. The van der Waals surface area contributed by atoms with Crippen molar-refractivity contribution in [1.29, 1.82) is 0 Å². The highest BCUT2D eigenvalue weighted by molar-refractivity contribution is 6.00. The average molecular weight is 776 g/mol. The van der Waals surface area contributed by atoms with Gasteiger partial charge < -0.3 is 49.4 Å². The number of cyclic esters (lactones) is 1. The van der Waals surface area contributed by atoms with E-state index in [1.54, 1.807) is 39.1 Å². The van der Waals surface area contributed by atoms with Crippen molar-refractivity contribution in [1.82, 2.24) is 9.88 Å². The van der Waals surface area contributed by atoms with Crippen molar-refractivity contribution in [3.63, 3.8) is 0 Å². The number of ether oxygens (including phenoxy) is 5. The Morgan fingerprint density at radius 3 is 2.51 bits per heavy atom. The van der Waals surface area contributed by atoms with Gasteiger partial charge in [-0.05, 0) is 73.0 Å². The van der Waals surface area contributed by atoms with Crippen LogP contribution >= 0.6 is 0 Å². The zero-order chi connectivity index (χ0) is 40.8. The maximum absolute atomic E-state index is 14.4. The monoisotopic (exact) mass is 775 g/mol. The molecule has 308 valence electrons. The van der Waals surface area contributed by atoms with Gasteiger partial charge in [0.05, 0.1) is 37.1 Å². The fourth-order valence-corrected chi connectivity index (χ4v) is 7.79. The summed E-state index contributed by atoms with van der Waals surface area (Å²) in [6.45, 7) is 12.8. The Balaban J connectivity index is 1.91. The zero-order valence-corrected chi connectivity index (χ0v) is 33.9. The Labute approximate surface area is 324 Å². The lowest BCUT2D eigenvalue weighted by atomic mass is 9.76. The molecule has 12 atom stereocenters. The first-order chi connectivity index (χ1) is 25.8. The lowest BCUT2D eigenvalue weighted by Gasteiger charge is -2.47. The molecule has 0 spiro atoms. The number of esters is 1.